The molecular weight excluding hydrogens is 212 g/mol. The third kappa shape index (κ3) is 15.9. The van der Waals surface area contributed by atoms with Gasteiger partial charge in [0, 0.05) is 0 Å². The maximum atomic E-state index is 4.98. The van der Waals surface area contributed by atoms with Crippen LogP contribution < -0.4 is 0 Å². The predicted molar refractivity (Wildman–Crippen MR) is 74.0 cm³/mol. The van der Waals surface area contributed by atoms with Crippen LogP contribution in [0.1, 0.15) is 78.6 Å². The van der Waals surface area contributed by atoms with E-state index in [0.29, 0.717) is 0 Å². The van der Waals surface area contributed by atoms with Crippen molar-refractivity contribution < 1.29 is 9.78 Å². The van der Waals surface area contributed by atoms with Crippen molar-refractivity contribution in [2.75, 3.05) is 13.2 Å². The van der Waals surface area contributed by atoms with Crippen molar-refractivity contribution >= 4 is 0 Å². The lowest BCUT2D eigenvalue weighted by atomic mass is 10.3. The van der Waals surface area contributed by atoms with Gasteiger partial charge in [0.25, 0.3) is 0 Å². The molecule has 0 radical (unpaired) electrons. The molecule has 0 spiro atoms. The molecule has 1 rings (SSSR count). The third-order valence-electron chi connectivity index (χ3n) is 3.02. The molecule has 0 N–H and O–H groups in total. The molecule has 0 aromatic heterocycles. The molecule has 1 saturated carbocycles. The highest BCUT2D eigenvalue weighted by Crippen LogP contribution is 2.31. The SMILES string of the molecule is CCC1CC1.CCCCCOOCCCCC. The molecule has 0 bridgehead atoms. The average Bonchev–Trinajstić information content (AvgIpc) is 3.17. The van der Waals surface area contributed by atoms with Crippen LogP contribution in [-0.4, -0.2) is 13.2 Å². The van der Waals surface area contributed by atoms with Gasteiger partial charge in [-0.3, -0.25) is 0 Å². The minimum atomic E-state index is 0.750. The van der Waals surface area contributed by atoms with E-state index >= 15 is 0 Å². The summed E-state index contributed by atoms with van der Waals surface area (Å²) in [5.74, 6) is 1.13. The summed E-state index contributed by atoms with van der Waals surface area (Å²) < 4.78 is 0. The molecule has 0 unspecified atom stereocenters. The summed E-state index contributed by atoms with van der Waals surface area (Å²) in [5, 5.41) is 0. The Balaban J connectivity index is 0.000000419. The van der Waals surface area contributed by atoms with Gasteiger partial charge in [-0.05, 0) is 18.8 Å². The van der Waals surface area contributed by atoms with Gasteiger partial charge in [0.2, 0.25) is 0 Å². The van der Waals surface area contributed by atoms with Gasteiger partial charge < -0.3 is 0 Å². The van der Waals surface area contributed by atoms with Crippen LogP contribution in [0.3, 0.4) is 0 Å². The Bertz CT molecular complexity index is 123. The Morgan fingerprint density at radius 3 is 1.47 bits per heavy atom. The normalized spacial score (nSPS) is 14.3. The van der Waals surface area contributed by atoms with Gasteiger partial charge in [-0.1, -0.05) is 65.7 Å². The van der Waals surface area contributed by atoms with Crippen molar-refractivity contribution in [2.24, 2.45) is 5.92 Å². The van der Waals surface area contributed by atoms with Gasteiger partial charge in [0.15, 0.2) is 0 Å². The molecule has 1 aliphatic carbocycles. The summed E-state index contributed by atoms with van der Waals surface area (Å²) in [6.45, 7) is 8.13. The fourth-order valence-electron chi connectivity index (χ4n) is 1.47. The van der Waals surface area contributed by atoms with E-state index < -0.39 is 0 Å². The van der Waals surface area contributed by atoms with Crippen LogP contribution in [-0.2, 0) is 9.78 Å². The summed E-state index contributed by atoms with van der Waals surface area (Å²) in [5.41, 5.74) is 0. The number of unbranched alkanes of at least 4 members (excludes halogenated alkanes) is 4. The summed E-state index contributed by atoms with van der Waals surface area (Å²) in [4.78, 5) is 9.96. The summed E-state index contributed by atoms with van der Waals surface area (Å²) in [6.07, 6.45) is 11.6. The maximum Gasteiger partial charge on any atom is 0.0822 e. The van der Waals surface area contributed by atoms with Crippen molar-refractivity contribution in [2.45, 2.75) is 78.6 Å². The van der Waals surface area contributed by atoms with E-state index in [1.165, 1.54) is 44.9 Å². The standard InChI is InChI=1S/C10H22O2.C5H10/c1-3-5-7-9-11-12-10-8-6-4-2;1-2-5-3-4-5/h3-10H2,1-2H3;5H,2-4H2,1H3. The second kappa shape index (κ2) is 14.0. The Labute approximate surface area is 108 Å². The van der Waals surface area contributed by atoms with E-state index in [1.54, 1.807) is 0 Å². The van der Waals surface area contributed by atoms with Crippen LogP contribution in [0.25, 0.3) is 0 Å². The lowest BCUT2D eigenvalue weighted by Gasteiger charge is -2.02. The van der Waals surface area contributed by atoms with E-state index in [2.05, 4.69) is 20.8 Å². The largest absolute Gasteiger partial charge is 0.237 e. The van der Waals surface area contributed by atoms with E-state index in [-0.39, 0.29) is 0 Å². The lowest BCUT2D eigenvalue weighted by Crippen LogP contribution is -1.98. The molecule has 0 atom stereocenters. The van der Waals surface area contributed by atoms with Crippen LogP contribution in [0.4, 0.5) is 0 Å². The monoisotopic (exact) mass is 244 g/mol. The molecule has 1 fully saturated rings. The van der Waals surface area contributed by atoms with Crippen molar-refractivity contribution in [1.82, 2.24) is 0 Å². The van der Waals surface area contributed by atoms with E-state index in [9.17, 15) is 0 Å². The molecule has 0 heterocycles. The Morgan fingerprint density at radius 2 is 1.24 bits per heavy atom. The van der Waals surface area contributed by atoms with Crippen LogP contribution in [0, 0.1) is 5.92 Å². The number of hydrogen-bond acceptors (Lipinski definition) is 2. The van der Waals surface area contributed by atoms with Crippen molar-refractivity contribution in [3.63, 3.8) is 0 Å². The lowest BCUT2D eigenvalue weighted by molar-refractivity contribution is -0.295. The van der Waals surface area contributed by atoms with Gasteiger partial charge in [0.05, 0.1) is 13.2 Å². The topological polar surface area (TPSA) is 18.5 Å². The first kappa shape index (κ1) is 16.9. The molecule has 0 saturated heterocycles. The molecule has 2 heteroatoms. The van der Waals surface area contributed by atoms with Gasteiger partial charge in [-0.2, -0.15) is 0 Å². The Kier molecular flexibility index (Phi) is 13.9. The molecule has 17 heavy (non-hydrogen) atoms. The van der Waals surface area contributed by atoms with E-state index in [0.717, 1.165) is 32.0 Å². The zero-order valence-corrected chi connectivity index (χ0v) is 12.2. The molecule has 1 aliphatic rings. The second-order valence-corrected chi connectivity index (χ2v) is 4.91. The number of hydrogen-bond donors (Lipinski definition) is 0. The Morgan fingerprint density at radius 1 is 0.765 bits per heavy atom. The van der Waals surface area contributed by atoms with Gasteiger partial charge in [-0.25, -0.2) is 9.78 Å². The van der Waals surface area contributed by atoms with Crippen LogP contribution >= 0.6 is 0 Å². The Hall–Kier alpha value is -0.0800. The molecule has 0 aromatic carbocycles. The van der Waals surface area contributed by atoms with Crippen molar-refractivity contribution in [3.05, 3.63) is 0 Å². The van der Waals surface area contributed by atoms with Crippen molar-refractivity contribution in [1.29, 1.82) is 0 Å². The fraction of sp³-hybridized carbons (Fsp3) is 1.00. The van der Waals surface area contributed by atoms with Gasteiger partial charge >= 0.3 is 0 Å². The molecule has 0 aliphatic heterocycles. The second-order valence-electron chi connectivity index (χ2n) is 4.91. The predicted octanol–water partition coefficient (Wildman–Crippen LogP) is 5.12. The average molecular weight is 244 g/mol. The maximum absolute atomic E-state index is 4.98. The molecule has 104 valence electrons. The highest BCUT2D eigenvalue weighted by Gasteiger charge is 2.17. The van der Waals surface area contributed by atoms with Crippen molar-refractivity contribution in [3.8, 4) is 0 Å². The van der Waals surface area contributed by atoms with Crippen LogP contribution in [0.2, 0.25) is 0 Å². The summed E-state index contributed by atoms with van der Waals surface area (Å²) in [6, 6.07) is 0. The van der Waals surface area contributed by atoms with Crippen LogP contribution in [0.5, 0.6) is 0 Å². The van der Waals surface area contributed by atoms with Gasteiger partial charge in [0.1, 0.15) is 0 Å². The number of rotatable bonds is 10. The minimum absolute atomic E-state index is 0.750. The van der Waals surface area contributed by atoms with E-state index in [4.69, 9.17) is 9.78 Å². The molecule has 2 nitrogen and oxygen atoms in total. The third-order valence-corrected chi connectivity index (χ3v) is 3.02. The first-order chi connectivity index (χ1) is 8.35. The molecular formula is C15H32O2. The first-order valence-corrected chi connectivity index (χ1v) is 7.59. The molecule has 0 aromatic rings. The highest BCUT2D eigenvalue weighted by atomic mass is 17.2. The van der Waals surface area contributed by atoms with E-state index in [1.807, 2.05) is 0 Å². The zero-order valence-electron chi connectivity index (χ0n) is 12.2. The van der Waals surface area contributed by atoms with Gasteiger partial charge in [-0.15, -0.1) is 0 Å². The smallest absolute Gasteiger partial charge is 0.0822 e. The quantitative estimate of drug-likeness (QED) is 0.301. The minimum Gasteiger partial charge on any atom is -0.237 e. The summed E-state index contributed by atoms with van der Waals surface area (Å²) >= 11 is 0. The molecule has 0 amide bonds. The first-order valence-electron chi connectivity index (χ1n) is 7.59. The fourth-order valence-corrected chi connectivity index (χ4v) is 1.47. The summed E-state index contributed by atoms with van der Waals surface area (Å²) in [7, 11) is 0. The highest BCUT2D eigenvalue weighted by molar-refractivity contribution is 4.69. The van der Waals surface area contributed by atoms with Crippen LogP contribution in [0.15, 0.2) is 0 Å². The zero-order chi connectivity index (χ0) is 12.8.